The molecule has 1 aromatic rings. The van der Waals surface area contributed by atoms with Gasteiger partial charge < -0.3 is 10.2 Å². The Balaban J connectivity index is 2.20. The van der Waals surface area contributed by atoms with Gasteiger partial charge in [0, 0.05) is 12.6 Å². The molecule has 3 nitrogen and oxygen atoms in total. The van der Waals surface area contributed by atoms with Crippen LogP contribution in [-0.2, 0) is 0 Å². The molecule has 2 atom stereocenters. The van der Waals surface area contributed by atoms with E-state index in [-0.39, 0.29) is 12.1 Å². The van der Waals surface area contributed by atoms with Crippen LogP contribution in [0.15, 0.2) is 30.3 Å². The third kappa shape index (κ3) is 2.03. The van der Waals surface area contributed by atoms with Crippen molar-refractivity contribution in [2.75, 3.05) is 6.54 Å². The molecule has 1 fully saturated rings. The zero-order valence-corrected chi connectivity index (χ0v) is 9.81. The van der Waals surface area contributed by atoms with Crippen LogP contribution in [0, 0.1) is 0 Å². The van der Waals surface area contributed by atoms with Gasteiger partial charge in [-0.3, -0.25) is 0 Å². The Morgan fingerprint density at radius 3 is 2.69 bits per heavy atom. The van der Waals surface area contributed by atoms with E-state index in [1.165, 1.54) is 5.56 Å². The van der Waals surface area contributed by atoms with Crippen LogP contribution in [0.3, 0.4) is 0 Å². The average molecular weight is 218 g/mol. The van der Waals surface area contributed by atoms with Crippen LogP contribution >= 0.6 is 0 Å². The number of nitrogens with one attached hydrogen (secondary N) is 1. The highest BCUT2D eigenvalue weighted by Crippen LogP contribution is 2.24. The maximum Gasteiger partial charge on any atom is 0.318 e. The number of carbonyl (C=O) groups excluding carboxylic acids is 1. The van der Waals surface area contributed by atoms with Crippen molar-refractivity contribution in [1.29, 1.82) is 0 Å². The summed E-state index contributed by atoms with van der Waals surface area (Å²) in [5.74, 6) is 0. The summed E-state index contributed by atoms with van der Waals surface area (Å²) in [6, 6.07) is 10.7. The Labute approximate surface area is 96.5 Å². The molecular formula is C13H18N2O. The molecule has 0 unspecified atom stereocenters. The van der Waals surface area contributed by atoms with Gasteiger partial charge in [0.2, 0.25) is 0 Å². The molecule has 2 amide bonds. The van der Waals surface area contributed by atoms with Gasteiger partial charge in [-0.2, -0.15) is 0 Å². The Morgan fingerprint density at radius 1 is 1.38 bits per heavy atom. The van der Waals surface area contributed by atoms with Crippen molar-refractivity contribution in [3.8, 4) is 0 Å². The second-order valence-electron chi connectivity index (χ2n) is 4.36. The fourth-order valence-corrected chi connectivity index (χ4v) is 2.27. The first-order valence-electron chi connectivity index (χ1n) is 5.81. The van der Waals surface area contributed by atoms with Gasteiger partial charge in [-0.05, 0) is 25.8 Å². The van der Waals surface area contributed by atoms with Crippen molar-refractivity contribution in [3.05, 3.63) is 35.9 Å². The number of nitrogens with zero attached hydrogens (tertiary/aromatic N) is 1. The van der Waals surface area contributed by atoms with Crippen molar-refractivity contribution in [2.24, 2.45) is 0 Å². The summed E-state index contributed by atoms with van der Waals surface area (Å²) >= 11 is 0. The maximum atomic E-state index is 11.8. The molecule has 3 heteroatoms. The minimum atomic E-state index is 0.0510. The van der Waals surface area contributed by atoms with Gasteiger partial charge in [-0.15, -0.1) is 0 Å². The lowest BCUT2D eigenvalue weighted by molar-refractivity contribution is 0.135. The molecule has 2 rings (SSSR count). The van der Waals surface area contributed by atoms with Crippen molar-refractivity contribution in [3.63, 3.8) is 0 Å². The molecule has 1 heterocycles. The summed E-state index contributed by atoms with van der Waals surface area (Å²) in [5.41, 5.74) is 1.19. The van der Waals surface area contributed by atoms with Crippen LogP contribution in [0.25, 0.3) is 0 Å². The largest absolute Gasteiger partial charge is 0.338 e. The molecule has 0 saturated carbocycles. The second kappa shape index (κ2) is 4.56. The molecule has 0 aromatic heterocycles. The standard InChI is InChI=1S/C13H18N2O/c1-10-8-9-14-13(16)15(10)11(2)12-6-4-3-5-7-12/h3-7,10-11H,8-9H2,1-2H3,(H,14,16)/t10-,11+/m0/s1. The lowest BCUT2D eigenvalue weighted by atomic mass is 10.0. The third-order valence-corrected chi connectivity index (χ3v) is 3.25. The predicted octanol–water partition coefficient (Wildman–Crippen LogP) is 2.55. The maximum absolute atomic E-state index is 11.8. The molecule has 1 saturated heterocycles. The smallest absolute Gasteiger partial charge is 0.318 e. The molecule has 0 radical (unpaired) electrons. The topological polar surface area (TPSA) is 32.3 Å². The molecule has 0 bridgehead atoms. The van der Waals surface area contributed by atoms with Gasteiger partial charge >= 0.3 is 6.03 Å². The highest BCUT2D eigenvalue weighted by atomic mass is 16.2. The Kier molecular flexibility index (Phi) is 3.13. The van der Waals surface area contributed by atoms with E-state index < -0.39 is 0 Å². The van der Waals surface area contributed by atoms with E-state index in [0.29, 0.717) is 6.04 Å². The summed E-state index contributed by atoms with van der Waals surface area (Å²) in [6.45, 7) is 4.98. The van der Waals surface area contributed by atoms with Crippen LogP contribution in [0.2, 0.25) is 0 Å². The van der Waals surface area contributed by atoms with E-state index in [1.807, 2.05) is 23.1 Å². The fourth-order valence-electron chi connectivity index (χ4n) is 2.27. The third-order valence-electron chi connectivity index (χ3n) is 3.25. The van der Waals surface area contributed by atoms with Gasteiger partial charge in [0.05, 0.1) is 6.04 Å². The molecule has 86 valence electrons. The summed E-state index contributed by atoms with van der Waals surface area (Å²) < 4.78 is 0. The van der Waals surface area contributed by atoms with Gasteiger partial charge in [0.1, 0.15) is 0 Å². The number of carbonyl (C=O) groups is 1. The minimum absolute atomic E-state index is 0.0510. The molecule has 0 aliphatic carbocycles. The highest BCUT2D eigenvalue weighted by molar-refractivity contribution is 5.75. The number of urea groups is 1. The highest BCUT2D eigenvalue weighted by Gasteiger charge is 2.29. The van der Waals surface area contributed by atoms with Gasteiger partial charge in [0.15, 0.2) is 0 Å². The molecular weight excluding hydrogens is 200 g/mol. The number of hydrogen-bond acceptors (Lipinski definition) is 1. The van der Waals surface area contributed by atoms with Gasteiger partial charge in [0.25, 0.3) is 0 Å². The fraction of sp³-hybridized carbons (Fsp3) is 0.462. The van der Waals surface area contributed by atoms with Gasteiger partial charge in [-0.1, -0.05) is 30.3 Å². The molecule has 1 aromatic carbocycles. The van der Waals surface area contributed by atoms with Crippen molar-refractivity contribution < 1.29 is 4.79 Å². The van der Waals surface area contributed by atoms with Crippen LogP contribution in [0.4, 0.5) is 4.79 Å². The predicted molar refractivity (Wildman–Crippen MR) is 64.2 cm³/mol. The summed E-state index contributed by atoms with van der Waals surface area (Å²) in [5, 5.41) is 2.90. The van der Waals surface area contributed by atoms with Crippen molar-refractivity contribution in [1.82, 2.24) is 10.2 Å². The van der Waals surface area contributed by atoms with E-state index in [2.05, 4.69) is 31.3 Å². The number of rotatable bonds is 2. The summed E-state index contributed by atoms with van der Waals surface area (Å²) in [6.07, 6.45) is 1.02. The zero-order chi connectivity index (χ0) is 11.5. The monoisotopic (exact) mass is 218 g/mol. The molecule has 1 aliphatic heterocycles. The first-order valence-corrected chi connectivity index (χ1v) is 5.81. The first-order chi connectivity index (χ1) is 7.70. The Hall–Kier alpha value is -1.51. The normalized spacial score (nSPS) is 22.8. The van der Waals surface area contributed by atoms with Crippen molar-refractivity contribution in [2.45, 2.75) is 32.4 Å². The molecule has 0 spiro atoms. The quantitative estimate of drug-likeness (QED) is 0.813. The molecule has 1 N–H and O–H groups in total. The van der Waals surface area contributed by atoms with Crippen molar-refractivity contribution >= 4 is 6.03 Å². The van der Waals surface area contributed by atoms with Crippen LogP contribution in [0.1, 0.15) is 31.9 Å². The van der Waals surface area contributed by atoms with Crippen LogP contribution in [-0.4, -0.2) is 23.5 Å². The number of hydrogen-bond donors (Lipinski definition) is 1. The van der Waals surface area contributed by atoms with E-state index in [4.69, 9.17) is 0 Å². The van der Waals surface area contributed by atoms with Crippen LogP contribution < -0.4 is 5.32 Å². The lowest BCUT2D eigenvalue weighted by Gasteiger charge is -2.38. The SMILES string of the molecule is C[C@H](c1ccccc1)N1C(=O)NCC[C@@H]1C. The zero-order valence-electron chi connectivity index (χ0n) is 9.81. The summed E-state index contributed by atoms with van der Waals surface area (Å²) in [4.78, 5) is 13.8. The Bertz CT molecular complexity index is 363. The average Bonchev–Trinajstić information content (AvgIpc) is 2.30. The van der Waals surface area contributed by atoms with E-state index in [9.17, 15) is 4.79 Å². The lowest BCUT2D eigenvalue weighted by Crippen LogP contribution is -2.52. The second-order valence-corrected chi connectivity index (χ2v) is 4.36. The molecule has 16 heavy (non-hydrogen) atoms. The Morgan fingerprint density at radius 2 is 2.06 bits per heavy atom. The van der Waals surface area contributed by atoms with E-state index >= 15 is 0 Å². The molecule has 1 aliphatic rings. The summed E-state index contributed by atoms with van der Waals surface area (Å²) in [7, 11) is 0. The van der Waals surface area contributed by atoms with Crippen LogP contribution in [0.5, 0.6) is 0 Å². The van der Waals surface area contributed by atoms with E-state index in [1.54, 1.807) is 0 Å². The van der Waals surface area contributed by atoms with E-state index in [0.717, 1.165) is 13.0 Å². The van der Waals surface area contributed by atoms with Gasteiger partial charge in [-0.25, -0.2) is 4.79 Å². The number of amides is 2. The number of benzene rings is 1. The first kappa shape index (κ1) is 11.0. The minimum Gasteiger partial charge on any atom is -0.338 e.